The van der Waals surface area contributed by atoms with Crippen molar-refractivity contribution in [1.29, 1.82) is 0 Å². The Bertz CT molecular complexity index is 286. The van der Waals surface area contributed by atoms with Gasteiger partial charge in [0.1, 0.15) is 0 Å². The summed E-state index contributed by atoms with van der Waals surface area (Å²) in [4.78, 5) is 2.35. The summed E-state index contributed by atoms with van der Waals surface area (Å²) in [7, 11) is 0. The molecule has 0 heterocycles. The third kappa shape index (κ3) is 2.65. The van der Waals surface area contributed by atoms with Gasteiger partial charge in [0.25, 0.3) is 0 Å². The molecule has 14 heavy (non-hydrogen) atoms. The predicted molar refractivity (Wildman–Crippen MR) is 64.2 cm³/mol. The van der Waals surface area contributed by atoms with Gasteiger partial charge in [-0.1, -0.05) is 17.7 Å². The zero-order valence-electron chi connectivity index (χ0n) is 9.29. The van der Waals surface area contributed by atoms with Crippen LogP contribution < -0.4 is 4.90 Å². The standard InChI is InChI=1S/C12H18ClN/c1-9(2)14(10(3)4)12-7-5-6-11(13)8-12/h5-10H,1-4H3. The number of anilines is 1. The van der Waals surface area contributed by atoms with Gasteiger partial charge in [-0.3, -0.25) is 0 Å². The van der Waals surface area contributed by atoms with Crippen molar-refractivity contribution in [2.75, 3.05) is 4.90 Å². The molecule has 0 fully saturated rings. The minimum absolute atomic E-state index is 0.494. The molecule has 0 atom stereocenters. The first-order valence-corrected chi connectivity index (χ1v) is 5.44. The summed E-state index contributed by atoms with van der Waals surface area (Å²) in [6.07, 6.45) is 0. The van der Waals surface area contributed by atoms with E-state index in [1.54, 1.807) is 0 Å². The van der Waals surface area contributed by atoms with Gasteiger partial charge in [-0.2, -0.15) is 0 Å². The van der Waals surface area contributed by atoms with Crippen LogP contribution in [0.4, 0.5) is 5.69 Å². The average molecular weight is 212 g/mol. The highest BCUT2D eigenvalue weighted by atomic mass is 35.5. The number of hydrogen-bond donors (Lipinski definition) is 0. The maximum Gasteiger partial charge on any atom is 0.0426 e. The van der Waals surface area contributed by atoms with Crippen LogP contribution in [-0.2, 0) is 0 Å². The lowest BCUT2D eigenvalue weighted by Gasteiger charge is -2.33. The summed E-state index contributed by atoms with van der Waals surface area (Å²) in [5, 5.41) is 0.800. The molecule has 0 aliphatic rings. The zero-order valence-corrected chi connectivity index (χ0v) is 10.0. The highest BCUT2D eigenvalue weighted by molar-refractivity contribution is 6.30. The molecule has 0 amide bonds. The van der Waals surface area contributed by atoms with Gasteiger partial charge in [-0.05, 0) is 45.9 Å². The van der Waals surface area contributed by atoms with E-state index in [1.807, 2.05) is 18.2 Å². The summed E-state index contributed by atoms with van der Waals surface area (Å²) in [5.41, 5.74) is 1.20. The Kier molecular flexibility index (Phi) is 3.82. The fourth-order valence-electron chi connectivity index (χ4n) is 1.83. The molecule has 0 spiro atoms. The molecule has 0 unspecified atom stereocenters. The van der Waals surface area contributed by atoms with Gasteiger partial charge in [0, 0.05) is 22.8 Å². The van der Waals surface area contributed by atoms with Crippen LogP contribution in [-0.4, -0.2) is 12.1 Å². The fourth-order valence-corrected chi connectivity index (χ4v) is 2.01. The minimum Gasteiger partial charge on any atom is -0.367 e. The topological polar surface area (TPSA) is 3.24 Å². The van der Waals surface area contributed by atoms with E-state index in [1.165, 1.54) is 5.69 Å². The summed E-state index contributed by atoms with van der Waals surface area (Å²) in [6.45, 7) is 8.78. The molecule has 0 aliphatic carbocycles. The second-order valence-electron chi connectivity index (χ2n) is 4.07. The van der Waals surface area contributed by atoms with Crippen molar-refractivity contribution in [2.24, 2.45) is 0 Å². The Morgan fingerprint density at radius 3 is 2.07 bits per heavy atom. The molecule has 0 aromatic heterocycles. The van der Waals surface area contributed by atoms with Crippen molar-refractivity contribution < 1.29 is 0 Å². The SMILES string of the molecule is CC(C)N(c1cccc(Cl)c1)C(C)C. The monoisotopic (exact) mass is 211 g/mol. The Morgan fingerprint density at radius 1 is 1.07 bits per heavy atom. The van der Waals surface area contributed by atoms with Crippen LogP contribution in [0.5, 0.6) is 0 Å². The molecule has 1 rings (SSSR count). The molecule has 1 aromatic rings. The molecular formula is C12H18ClN. The minimum atomic E-state index is 0.494. The van der Waals surface area contributed by atoms with Crippen molar-refractivity contribution in [3.63, 3.8) is 0 Å². The summed E-state index contributed by atoms with van der Waals surface area (Å²) < 4.78 is 0. The first kappa shape index (κ1) is 11.4. The van der Waals surface area contributed by atoms with Gasteiger partial charge in [0.05, 0.1) is 0 Å². The van der Waals surface area contributed by atoms with Crippen molar-refractivity contribution in [1.82, 2.24) is 0 Å². The fraction of sp³-hybridized carbons (Fsp3) is 0.500. The zero-order chi connectivity index (χ0) is 10.7. The van der Waals surface area contributed by atoms with Crippen molar-refractivity contribution in [3.8, 4) is 0 Å². The van der Waals surface area contributed by atoms with Crippen LogP contribution in [0, 0.1) is 0 Å². The van der Waals surface area contributed by atoms with Crippen LogP contribution in [0.15, 0.2) is 24.3 Å². The van der Waals surface area contributed by atoms with E-state index in [4.69, 9.17) is 11.6 Å². The number of hydrogen-bond acceptors (Lipinski definition) is 1. The maximum atomic E-state index is 5.97. The van der Waals surface area contributed by atoms with Crippen LogP contribution in [0.25, 0.3) is 0 Å². The van der Waals surface area contributed by atoms with Crippen LogP contribution in [0.3, 0.4) is 0 Å². The molecule has 78 valence electrons. The molecule has 0 bridgehead atoms. The lowest BCUT2D eigenvalue weighted by Crippen LogP contribution is -2.36. The van der Waals surface area contributed by atoms with E-state index < -0.39 is 0 Å². The third-order valence-electron chi connectivity index (χ3n) is 2.22. The molecule has 0 saturated heterocycles. The largest absolute Gasteiger partial charge is 0.367 e. The molecule has 1 nitrogen and oxygen atoms in total. The number of benzene rings is 1. The molecule has 1 aromatic carbocycles. The molecule has 0 aliphatic heterocycles. The van der Waals surface area contributed by atoms with E-state index in [0.29, 0.717) is 12.1 Å². The number of nitrogens with zero attached hydrogens (tertiary/aromatic N) is 1. The molecule has 0 radical (unpaired) electrons. The average Bonchev–Trinajstić information content (AvgIpc) is 2.02. The van der Waals surface area contributed by atoms with Crippen molar-refractivity contribution in [2.45, 2.75) is 39.8 Å². The van der Waals surface area contributed by atoms with E-state index >= 15 is 0 Å². The Balaban J connectivity index is 2.99. The second kappa shape index (κ2) is 4.70. The Labute approximate surface area is 91.7 Å². The molecular weight excluding hydrogens is 194 g/mol. The van der Waals surface area contributed by atoms with Gasteiger partial charge in [-0.15, -0.1) is 0 Å². The molecule has 0 N–H and O–H groups in total. The van der Waals surface area contributed by atoms with E-state index in [0.717, 1.165) is 5.02 Å². The maximum absolute atomic E-state index is 5.97. The van der Waals surface area contributed by atoms with Gasteiger partial charge >= 0.3 is 0 Å². The van der Waals surface area contributed by atoms with Crippen LogP contribution in [0.2, 0.25) is 5.02 Å². The van der Waals surface area contributed by atoms with E-state index in [9.17, 15) is 0 Å². The van der Waals surface area contributed by atoms with Gasteiger partial charge in [0.15, 0.2) is 0 Å². The highest BCUT2D eigenvalue weighted by Crippen LogP contribution is 2.23. The predicted octanol–water partition coefficient (Wildman–Crippen LogP) is 3.96. The molecule has 2 heteroatoms. The molecule has 0 saturated carbocycles. The number of rotatable bonds is 3. The first-order valence-electron chi connectivity index (χ1n) is 5.06. The second-order valence-corrected chi connectivity index (χ2v) is 4.51. The smallest absolute Gasteiger partial charge is 0.0426 e. The van der Waals surface area contributed by atoms with E-state index in [-0.39, 0.29) is 0 Å². The van der Waals surface area contributed by atoms with Crippen LogP contribution in [0.1, 0.15) is 27.7 Å². The summed E-state index contributed by atoms with van der Waals surface area (Å²) in [6, 6.07) is 9.01. The number of halogens is 1. The summed E-state index contributed by atoms with van der Waals surface area (Å²) in [5.74, 6) is 0. The van der Waals surface area contributed by atoms with Crippen molar-refractivity contribution in [3.05, 3.63) is 29.3 Å². The van der Waals surface area contributed by atoms with Gasteiger partial charge in [-0.25, -0.2) is 0 Å². The lowest BCUT2D eigenvalue weighted by molar-refractivity contribution is 0.608. The lowest BCUT2D eigenvalue weighted by atomic mass is 10.2. The van der Waals surface area contributed by atoms with Gasteiger partial charge < -0.3 is 4.90 Å². The Hall–Kier alpha value is -0.690. The highest BCUT2D eigenvalue weighted by Gasteiger charge is 2.13. The van der Waals surface area contributed by atoms with E-state index in [2.05, 4.69) is 38.7 Å². The quantitative estimate of drug-likeness (QED) is 0.732. The van der Waals surface area contributed by atoms with Crippen LogP contribution >= 0.6 is 11.6 Å². The third-order valence-corrected chi connectivity index (χ3v) is 2.45. The summed E-state index contributed by atoms with van der Waals surface area (Å²) >= 11 is 5.97. The Morgan fingerprint density at radius 2 is 1.64 bits per heavy atom. The first-order chi connectivity index (χ1) is 6.52. The van der Waals surface area contributed by atoms with Crippen molar-refractivity contribution >= 4 is 17.3 Å². The van der Waals surface area contributed by atoms with Gasteiger partial charge in [0.2, 0.25) is 0 Å². The normalized spacial score (nSPS) is 11.1.